The van der Waals surface area contributed by atoms with Gasteiger partial charge in [-0.15, -0.1) is 0 Å². The van der Waals surface area contributed by atoms with Crippen LogP contribution in [-0.2, 0) is 9.53 Å². The van der Waals surface area contributed by atoms with E-state index in [1.54, 1.807) is 5.57 Å². The average molecular weight is 783 g/mol. The fourth-order valence-electron chi connectivity index (χ4n) is 20.0. The molecule has 0 saturated heterocycles. The normalized spacial score (nSPS) is 51.1. The summed E-state index contributed by atoms with van der Waals surface area (Å²) in [7, 11) is 0. The Morgan fingerprint density at radius 1 is 0.684 bits per heavy atom. The quantitative estimate of drug-likeness (QED) is 0.139. The highest BCUT2D eigenvalue weighted by Crippen LogP contribution is 2.74. The van der Waals surface area contributed by atoms with Crippen LogP contribution in [0.3, 0.4) is 0 Å². The lowest BCUT2D eigenvalue weighted by Gasteiger charge is -2.69. The summed E-state index contributed by atoms with van der Waals surface area (Å²) in [5, 5.41) is 0. The summed E-state index contributed by atoms with van der Waals surface area (Å²) in [5.74, 6) is 9.76. The van der Waals surface area contributed by atoms with E-state index >= 15 is 4.79 Å². The standard InChI is InChI=1S/C55H90O2/c1-35(2)14-11-12-15-37-17-20-43-41-18-16-38-34-39(22-29-52(38,8)44(41)24-30-51(37,43)7)57-49(56)55-32-23-40(36(3)4)48(55)42-19-21-47-53(9,45(42)25-33-55)31-26-46-50(5,6)27-13-28-54(46,47)10/h16,35-37,39-48H,11-15,17-34H2,1-10H3/t37-,39-,40?,41-,42-,43-,44-,45?,46?,47-,48?,51+,52-,53-,54-,55-/m0/s1. The van der Waals surface area contributed by atoms with E-state index in [-0.39, 0.29) is 17.5 Å². The van der Waals surface area contributed by atoms with E-state index in [0.717, 1.165) is 73.0 Å². The molecule has 16 atom stereocenters. The van der Waals surface area contributed by atoms with Crippen LogP contribution in [0.1, 0.15) is 217 Å². The molecule has 2 heteroatoms. The van der Waals surface area contributed by atoms with E-state index in [2.05, 4.69) is 75.3 Å². The summed E-state index contributed by atoms with van der Waals surface area (Å²) in [5.41, 5.74) is 3.75. The van der Waals surface area contributed by atoms with E-state index in [1.807, 2.05) is 0 Å². The number of esters is 1. The van der Waals surface area contributed by atoms with Crippen molar-refractivity contribution < 1.29 is 9.53 Å². The Morgan fingerprint density at radius 2 is 1.42 bits per heavy atom. The van der Waals surface area contributed by atoms with Crippen molar-refractivity contribution in [3.63, 3.8) is 0 Å². The molecule has 2 nitrogen and oxygen atoms in total. The molecule has 57 heavy (non-hydrogen) atoms. The van der Waals surface area contributed by atoms with Gasteiger partial charge in [0, 0.05) is 6.42 Å². The maximum atomic E-state index is 15.1. The van der Waals surface area contributed by atoms with Crippen LogP contribution >= 0.6 is 0 Å². The van der Waals surface area contributed by atoms with Gasteiger partial charge < -0.3 is 4.74 Å². The fraction of sp³-hybridized carbons (Fsp3) is 0.945. The SMILES string of the molecule is CC(C)CCCC[C@H]1CC[C@H]2[C@@H]3CC=C4C[C@@H](OC(=O)[C@]56CCC(C(C)C)C5[C@H]5CC[C@H]7[C@@](C)(CCC8C(C)(C)CCC[C@@]87C)C5CC6)CC[C@]4(C)[C@H]3CC[C@]12C. The number of carbonyl (C=O) groups excluding carboxylic acids is 1. The Morgan fingerprint density at radius 3 is 2.19 bits per heavy atom. The number of ether oxygens (including phenoxy) is 1. The molecular weight excluding hydrogens is 693 g/mol. The van der Waals surface area contributed by atoms with Crippen LogP contribution in [0.5, 0.6) is 0 Å². The maximum absolute atomic E-state index is 15.1. The highest BCUT2D eigenvalue weighted by molar-refractivity contribution is 5.78. The molecular formula is C55H90O2. The second-order valence-corrected chi connectivity index (χ2v) is 26.0. The van der Waals surface area contributed by atoms with Gasteiger partial charge in [0.15, 0.2) is 0 Å². The summed E-state index contributed by atoms with van der Waals surface area (Å²) in [6, 6.07) is 0. The van der Waals surface area contributed by atoms with Crippen LogP contribution in [0, 0.1) is 104 Å². The number of allylic oxidation sites excluding steroid dienone is 1. The summed E-state index contributed by atoms with van der Waals surface area (Å²) < 4.78 is 7.00. The number of rotatable bonds is 8. The first-order valence-electron chi connectivity index (χ1n) is 25.9. The van der Waals surface area contributed by atoms with E-state index in [1.165, 1.54) is 122 Å². The summed E-state index contributed by atoms with van der Waals surface area (Å²) >= 11 is 0. The molecule has 0 N–H and O–H groups in total. The smallest absolute Gasteiger partial charge is 0.312 e. The minimum absolute atomic E-state index is 0.0907. The van der Waals surface area contributed by atoms with E-state index in [0.29, 0.717) is 50.7 Å². The molecule has 9 aliphatic rings. The topological polar surface area (TPSA) is 26.3 Å². The Labute approximate surface area is 352 Å². The van der Waals surface area contributed by atoms with Gasteiger partial charge in [-0.3, -0.25) is 4.79 Å². The lowest BCUT2D eigenvalue weighted by molar-refractivity contribution is -0.207. The predicted molar refractivity (Wildman–Crippen MR) is 237 cm³/mol. The fourth-order valence-corrected chi connectivity index (χ4v) is 20.0. The minimum Gasteiger partial charge on any atom is -0.462 e. The third kappa shape index (κ3) is 6.32. The third-order valence-corrected chi connectivity index (χ3v) is 22.8. The van der Waals surface area contributed by atoms with Crippen molar-refractivity contribution in [1.82, 2.24) is 0 Å². The van der Waals surface area contributed by atoms with E-state index < -0.39 is 0 Å². The molecule has 0 spiro atoms. The molecule has 9 aliphatic carbocycles. The Hall–Kier alpha value is -0.790. The van der Waals surface area contributed by atoms with Crippen LogP contribution in [0.4, 0.5) is 0 Å². The second kappa shape index (κ2) is 14.7. The summed E-state index contributed by atoms with van der Waals surface area (Å²) in [6.07, 6.45) is 33.7. The monoisotopic (exact) mass is 783 g/mol. The molecule has 0 aromatic heterocycles. The van der Waals surface area contributed by atoms with Gasteiger partial charge in [-0.25, -0.2) is 0 Å². The number of unbranched alkanes of at least 4 members (excludes halogenated alkanes) is 1. The Bertz CT molecular complexity index is 1540. The molecule has 8 fully saturated rings. The van der Waals surface area contributed by atoms with Gasteiger partial charge in [0.1, 0.15) is 6.10 Å². The molecule has 0 aromatic rings. The van der Waals surface area contributed by atoms with Crippen molar-refractivity contribution in [3.8, 4) is 0 Å². The molecule has 0 bridgehead atoms. The van der Waals surface area contributed by atoms with Crippen molar-refractivity contribution in [2.24, 2.45) is 104 Å². The van der Waals surface area contributed by atoms with E-state index in [4.69, 9.17) is 4.74 Å². The van der Waals surface area contributed by atoms with Crippen molar-refractivity contribution in [2.45, 2.75) is 223 Å². The van der Waals surface area contributed by atoms with Gasteiger partial charge in [-0.2, -0.15) is 0 Å². The van der Waals surface area contributed by atoms with Crippen molar-refractivity contribution >= 4 is 5.97 Å². The van der Waals surface area contributed by atoms with Crippen LogP contribution in [0.25, 0.3) is 0 Å². The van der Waals surface area contributed by atoms with Crippen LogP contribution in [0.2, 0.25) is 0 Å². The first kappa shape index (κ1) is 41.6. The average Bonchev–Trinajstić information content (AvgIpc) is 3.72. The lowest BCUT2D eigenvalue weighted by Crippen LogP contribution is -2.62. The van der Waals surface area contributed by atoms with Crippen LogP contribution in [-0.4, -0.2) is 12.1 Å². The maximum Gasteiger partial charge on any atom is 0.312 e. The molecule has 0 aliphatic heterocycles. The van der Waals surface area contributed by atoms with Crippen molar-refractivity contribution in [1.29, 1.82) is 0 Å². The van der Waals surface area contributed by atoms with Crippen molar-refractivity contribution in [3.05, 3.63) is 11.6 Å². The number of hydrogen-bond acceptors (Lipinski definition) is 2. The number of hydrogen-bond donors (Lipinski definition) is 0. The van der Waals surface area contributed by atoms with Gasteiger partial charge in [0.25, 0.3) is 0 Å². The molecule has 322 valence electrons. The largest absolute Gasteiger partial charge is 0.462 e. The summed E-state index contributed by atoms with van der Waals surface area (Å²) in [4.78, 5) is 15.1. The molecule has 0 heterocycles. The van der Waals surface area contributed by atoms with Gasteiger partial charge in [-0.05, 0) is 214 Å². The zero-order valence-electron chi connectivity index (χ0n) is 39.2. The highest BCUT2D eigenvalue weighted by atomic mass is 16.5. The molecule has 0 amide bonds. The van der Waals surface area contributed by atoms with Gasteiger partial charge in [0.05, 0.1) is 5.41 Å². The molecule has 8 saturated carbocycles. The van der Waals surface area contributed by atoms with Gasteiger partial charge in [0.2, 0.25) is 0 Å². The lowest BCUT2D eigenvalue weighted by atomic mass is 9.36. The predicted octanol–water partition coefficient (Wildman–Crippen LogP) is 15.4. The first-order valence-corrected chi connectivity index (χ1v) is 25.9. The van der Waals surface area contributed by atoms with Crippen LogP contribution < -0.4 is 0 Å². The molecule has 4 unspecified atom stereocenters. The van der Waals surface area contributed by atoms with Gasteiger partial charge in [-0.1, -0.05) is 107 Å². The Balaban J connectivity index is 0.893. The number of carbonyl (C=O) groups is 1. The zero-order valence-corrected chi connectivity index (χ0v) is 39.2. The molecule has 9 rings (SSSR count). The van der Waals surface area contributed by atoms with Gasteiger partial charge >= 0.3 is 5.97 Å². The van der Waals surface area contributed by atoms with Crippen LogP contribution in [0.15, 0.2) is 11.6 Å². The van der Waals surface area contributed by atoms with E-state index in [9.17, 15) is 0 Å². The summed E-state index contributed by atoms with van der Waals surface area (Å²) in [6.45, 7) is 25.9. The minimum atomic E-state index is -0.234. The highest BCUT2D eigenvalue weighted by Gasteiger charge is 2.68. The Kier molecular flexibility index (Phi) is 10.7. The second-order valence-electron chi connectivity index (χ2n) is 26.0. The molecule has 0 aromatic carbocycles. The third-order valence-electron chi connectivity index (χ3n) is 22.8. The number of fused-ring (bicyclic) bond motifs is 12. The first-order chi connectivity index (χ1) is 27.0. The zero-order chi connectivity index (χ0) is 40.3. The molecule has 0 radical (unpaired) electrons. The van der Waals surface area contributed by atoms with Crippen molar-refractivity contribution in [2.75, 3.05) is 0 Å².